The number of amides is 3. The van der Waals surface area contributed by atoms with Crippen LogP contribution in [-0.2, 0) is 14.3 Å². The number of urea groups is 1. The maximum absolute atomic E-state index is 12.1. The van der Waals surface area contributed by atoms with Gasteiger partial charge in [-0.05, 0) is 13.3 Å². The van der Waals surface area contributed by atoms with Gasteiger partial charge in [0, 0.05) is 13.1 Å². The summed E-state index contributed by atoms with van der Waals surface area (Å²) in [7, 11) is 0. The number of rotatable bonds is 4. The minimum Gasteiger partial charge on any atom is -0.480 e. The fraction of sp³-hybridized carbons (Fsp3) is 0.750. The van der Waals surface area contributed by atoms with Gasteiger partial charge in [-0.2, -0.15) is 0 Å². The van der Waals surface area contributed by atoms with Gasteiger partial charge in [0.2, 0.25) is 5.91 Å². The molecule has 2 rings (SSSR count). The van der Waals surface area contributed by atoms with Crippen LogP contribution in [-0.4, -0.2) is 71.2 Å². The zero-order chi connectivity index (χ0) is 14.9. The van der Waals surface area contributed by atoms with Gasteiger partial charge in [-0.1, -0.05) is 0 Å². The summed E-state index contributed by atoms with van der Waals surface area (Å²) in [6.45, 7) is 3.00. The predicted molar refractivity (Wildman–Crippen MR) is 67.8 cm³/mol. The molecule has 112 valence electrons. The number of carboxylic acid groups (broad SMARTS) is 1. The molecule has 0 aliphatic carbocycles. The van der Waals surface area contributed by atoms with Crippen LogP contribution < -0.4 is 5.73 Å². The minimum absolute atomic E-state index is 0.148. The van der Waals surface area contributed by atoms with E-state index in [-0.39, 0.29) is 24.5 Å². The van der Waals surface area contributed by atoms with Crippen molar-refractivity contribution in [1.29, 1.82) is 0 Å². The highest BCUT2D eigenvalue weighted by Gasteiger charge is 2.45. The van der Waals surface area contributed by atoms with Gasteiger partial charge < -0.3 is 25.4 Å². The molecule has 0 spiro atoms. The molecule has 0 bridgehead atoms. The lowest BCUT2D eigenvalue weighted by atomic mass is 9.97. The van der Waals surface area contributed by atoms with Crippen molar-refractivity contribution in [2.75, 3.05) is 32.8 Å². The van der Waals surface area contributed by atoms with Gasteiger partial charge in [-0.15, -0.1) is 0 Å². The average Bonchev–Trinajstić information content (AvgIpc) is 2.81. The van der Waals surface area contributed by atoms with Crippen molar-refractivity contribution >= 4 is 17.9 Å². The highest BCUT2D eigenvalue weighted by atomic mass is 16.5. The summed E-state index contributed by atoms with van der Waals surface area (Å²) in [5, 5.41) is 8.57. The van der Waals surface area contributed by atoms with Crippen LogP contribution in [0.4, 0.5) is 4.79 Å². The molecule has 0 aromatic heterocycles. The molecule has 8 heteroatoms. The Hall–Kier alpha value is -1.83. The monoisotopic (exact) mass is 285 g/mol. The van der Waals surface area contributed by atoms with Gasteiger partial charge in [-0.25, -0.2) is 9.59 Å². The van der Waals surface area contributed by atoms with E-state index in [0.29, 0.717) is 32.6 Å². The number of hydrogen-bond donors (Lipinski definition) is 2. The van der Waals surface area contributed by atoms with Crippen molar-refractivity contribution in [2.24, 2.45) is 11.7 Å². The Labute approximate surface area is 116 Å². The van der Waals surface area contributed by atoms with Crippen LogP contribution in [0.1, 0.15) is 13.3 Å². The Morgan fingerprint density at radius 1 is 1.35 bits per heavy atom. The van der Waals surface area contributed by atoms with Crippen molar-refractivity contribution in [1.82, 2.24) is 9.80 Å². The second kappa shape index (κ2) is 5.28. The van der Waals surface area contributed by atoms with E-state index in [4.69, 9.17) is 15.6 Å². The predicted octanol–water partition coefficient (Wildman–Crippen LogP) is -0.911. The highest BCUT2D eigenvalue weighted by molar-refractivity contribution is 5.80. The zero-order valence-electron chi connectivity index (χ0n) is 11.4. The van der Waals surface area contributed by atoms with E-state index in [1.54, 1.807) is 16.7 Å². The fourth-order valence-electron chi connectivity index (χ4n) is 2.59. The van der Waals surface area contributed by atoms with Gasteiger partial charge in [0.1, 0.15) is 12.2 Å². The molecule has 0 aromatic rings. The molecule has 20 heavy (non-hydrogen) atoms. The van der Waals surface area contributed by atoms with Crippen LogP contribution in [0.15, 0.2) is 0 Å². The third-order valence-electron chi connectivity index (χ3n) is 3.73. The van der Waals surface area contributed by atoms with Gasteiger partial charge in [-0.3, -0.25) is 4.79 Å². The van der Waals surface area contributed by atoms with Crippen molar-refractivity contribution in [3.05, 3.63) is 0 Å². The summed E-state index contributed by atoms with van der Waals surface area (Å²) in [5.41, 5.74) is 4.63. The summed E-state index contributed by atoms with van der Waals surface area (Å²) in [6, 6.07) is -0.148. The molecule has 1 unspecified atom stereocenters. The first-order chi connectivity index (χ1) is 9.31. The number of ether oxygens (including phenoxy) is 1. The van der Waals surface area contributed by atoms with Crippen LogP contribution in [0.2, 0.25) is 0 Å². The molecule has 2 saturated heterocycles. The normalized spacial score (nSPS) is 24.4. The second-order valence-corrected chi connectivity index (χ2v) is 5.60. The van der Waals surface area contributed by atoms with E-state index in [2.05, 4.69) is 0 Å². The van der Waals surface area contributed by atoms with Crippen molar-refractivity contribution < 1.29 is 24.2 Å². The number of nitrogens with two attached hydrogens (primary N) is 1. The Kier molecular flexibility index (Phi) is 3.85. The summed E-state index contributed by atoms with van der Waals surface area (Å²) >= 11 is 0. The van der Waals surface area contributed by atoms with Gasteiger partial charge >= 0.3 is 12.0 Å². The molecular weight excluding hydrogens is 266 g/mol. The molecule has 0 radical (unpaired) electrons. The summed E-state index contributed by atoms with van der Waals surface area (Å²) < 4.78 is 5.24. The fourth-order valence-corrected chi connectivity index (χ4v) is 2.59. The lowest BCUT2D eigenvalue weighted by Crippen LogP contribution is -2.65. The maximum atomic E-state index is 12.1. The standard InChI is InChI=1S/C12H19N3O5/c1-12(20-5-9(16)17)6-15(7-12)11(19)14-3-2-8(4-14)10(13)18/h8H,2-7H2,1H3,(H2,13,18)(H,16,17). The number of aliphatic carboxylic acids is 1. The quantitative estimate of drug-likeness (QED) is 0.694. The topological polar surface area (TPSA) is 113 Å². The van der Waals surface area contributed by atoms with Crippen LogP contribution in [0, 0.1) is 5.92 Å². The second-order valence-electron chi connectivity index (χ2n) is 5.60. The molecule has 2 heterocycles. The largest absolute Gasteiger partial charge is 0.480 e. The Morgan fingerprint density at radius 3 is 2.50 bits per heavy atom. The van der Waals surface area contributed by atoms with E-state index >= 15 is 0 Å². The average molecular weight is 285 g/mol. The Balaban J connectivity index is 1.79. The van der Waals surface area contributed by atoms with Crippen molar-refractivity contribution in [3.8, 4) is 0 Å². The highest BCUT2D eigenvalue weighted by Crippen LogP contribution is 2.27. The van der Waals surface area contributed by atoms with E-state index in [1.165, 1.54) is 0 Å². The SMILES string of the molecule is CC1(OCC(=O)O)CN(C(=O)N2CCC(C(N)=O)C2)C1. The van der Waals surface area contributed by atoms with E-state index < -0.39 is 11.6 Å². The first-order valence-corrected chi connectivity index (χ1v) is 6.50. The molecule has 3 amide bonds. The number of primary amides is 1. The molecule has 1 atom stereocenters. The number of likely N-dealkylation sites (tertiary alicyclic amines) is 2. The van der Waals surface area contributed by atoms with Crippen LogP contribution in [0.3, 0.4) is 0 Å². The third-order valence-corrected chi connectivity index (χ3v) is 3.73. The molecule has 8 nitrogen and oxygen atoms in total. The molecule has 3 N–H and O–H groups in total. The number of hydrogen-bond acceptors (Lipinski definition) is 4. The van der Waals surface area contributed by atoms with Crippen LogP contribution in [0.5, 0.6) is 0 Å². The molecule has 0 aromatic carbocycles. The third kappa shape index (κ3) is 3.01. The van der Waals surface area contributed by atoms with Gasteiger partial charge in [0.05, 0.1) is 19.0 Å². The Morgan fingerprint density at radius 2 is 2.00 bits per heavy atom. The maximum Gasteiger partial charge on any atom is 0.329 e. The van der Waals surface area contributed by atoms with E-state index in [1.807, 2.05) is 0 Å². The molecule has 2 aliphatic heterocycles. The molecule has 2 aliphatic rings. The number of carbonyl (C=O) groups is 3. The smallest absolute Gasteiger partial charge is 0.329 e. The number of nitrogens with zero attached hydrogens (tertiary/aromatic N) is 2. The lowest BCUT2D eigenvalue weighted by Gasteiger charge is -2.48. The van der Waals surface area contributed by atoms with Crippen LogP contribution >= 0.6 is 0 Å². The zero-order valence-corrected chi connectivity index (χ0v) is 11.4. The lowest BCUT2D eigenvalue weighted by molar-refractivity contribution is -0.160. The first-order valence-electron chi connectivity index (χ1n) is 6.50. The molecule has 2 fully saturated rings. The van der Waals surface area contributed by atoms with E-state index in [0.717, 1.165) is 0 Å². The van der Waals surface area contributed by atoms with Crippen molar-refractivity contribution in [3.63, 3.8) is 0 Å². The van der Waals surface area contributed by atoms with E-state index in [9.17, 15) is 14.4 Å². The molecular formula is C12H19N3O5. The van der Waals surface area contributed by atoms with Crippen molar-refractivity contribution in [2.45, 2.75) is 18.9 Å². The molecule has 0 saturated carbocycles. The number of carboxylic acids is 1. The van der Waals surface area contributed by atoms with Crippen LogP contribution in [0.25, 0.3) is 0 Å². The van der Waals surface area contributed by atoms with Gasteiger partial charge in [0.25, 0.3) is 0 Å². The van der Waals surface area contributed by atoms with Gasteiger partial charge in [0.15, 0.2) is 0 Å². The summed E-state index contributed by atoms with van der Waals surface area (Å²) in [5.74, 6) is -1.67. The summed E-state index contributed by atoms with van der Waals surface area (Å²) in [6.07, 6.45) is 0.599. The summed E-state index contributed by atoms with van der Waals surface area (Å²) in [4.78, 5) is 36.9. The number of carbonyl (C=O) groups excluding carboxylic acids is 2. The minimum atomic E-state index is -1.03. The Bertz CT molecular complexity index is 433. The first kappa shape index (κ1) is 14.6.